The molecule has 22 heavy (non-hydrogen) atoms. The molecule has 9 heteroatoms. The summed E-state index contributed by atoms with van der Waals surface area (Å²) < 4.78 is 28.2. The van der Waals surface area contributed by atoms with Gasteiger partial charge in [0.25, 0.3) is 10.0 Å². The van der Waals surface area contributed by atoms with Gasteiger partial charge in [-0.05, 0) is 36.4 Å². The zero-order valence-corrected chi connectivity index (χ0v) is 13.5. The summed E-state index contributed by atoms with van der Waals surface area (Å²) in [6.45, 7) is 2.34. The van der Waals surface area contributed by atoms with Crippen LogP contribution in [0.1, 0.15) is 23.4 Å². The van der Waals surface area contributed by atoms with Crippen molar-refractivity contribution in [3.8, 4) is 0 Å². The monoisotopic (exact) mass is 341 g/mol. The van der Waals surface area contributed by atoms with Crippen molar-refractivity contribution < 1.29 is 18.3 Å². The van der Waals surface area contributed by atoms with Crippen LogP contribution in [0.3, 0.4) is 0 Å². The zero-order chi connectivity index (χ0) is 15.9. The third kappa shape index (κ3) is 2.25. The smallest absolute Gasteiger partial charge is 0.327 e. The van der Waals surface area contributed by atoms with Gasteiger partial charge < -0.3 is 5.11 Å². The molecular formula is C13H15N3O4S2. The molecule has 0 saturated heterocycles. The minimum absolute atomic E-state index is 0.0289. The Kier molecular flexibility index (Phi) is 3.79. The fraction of sp³-hybridized carbons (Fsp3) is 0.385. The Morgan fingerprint density at radius 3 is 2.95 bits per heavy atom. The maximum absolute atomic E-state index is 12.9. The van der Waals surface area contributed by atoms with Gasteiger partial charge in [0.1, 0.15) is 0 Å². The van der Waals surface area contributed by atoms with E-state index in [0.29, 0.717) is 17.8 Å². The number of carboxylic acid groups (broad SMARTS) is 1. The number of nitrogens with zero attached hydrogens (tertiary/aromatic N) is 3. The van der Waals surface area contributed by atoms with E-state index < -0.39 is 22.0 Å². The summed E-state index contributed by atoms with van der Waals surface area (Å²) in [5.74, 6) is -1.16. The number of aryl methyl sites for hydroxylation is 1. The van der Waals surface area contributed by atoms with Gasteiger partial charge in [-0.1, -0.05) is 0 Å². The van der Waals surface area contributed by atoms with Crippen molar-refractivity contribution in [3.05, 3.63) is 34.2 Å². The van der Waals surface area contributed by atoms with Crippen molar-refractivity contribution in [2.24, 2.45) is 0 Å². The summed E-state index contributed by atoms with van der Waals surface area (Å²) >= 11 is 1.28. The molecule has 0 spiro atoms. The molecule has 0 saturated carbocycles. The Morgan fingerprint density at radius 2 is 2.27 bits per heavy atom. The van der Waals surface area contributed by atoms with Gasteiger partial charge >= 0.3 is 5.97 Å². The van der Waals surface area contributed by atoms with Crippen molar-refractivity contribution in [1.82, 2.24) is 14.1 Å². The van der Waals surface area contributed by atoms with Crippen molar-refractivity contribution in [2.75, 3.05) is 6.54 Å². The first-order valence-corrected chi connectivity index (χ1v) is 9.11. The summed E-state index contributed by atoms with van der Waals surface area (Å²) in [7, 11) is -3.92. The van der Waals surface area contributed by atoms with E-state index in [-0.39, 0.29) is 11.6 Å². The highest BCUT2D eigenvalue weighted by molar-refractivity contribution is 7.89. The number of carboxylic acids is 1. The van der Waals surface area contributed by atoms with E-state index in [1.165, 1.54) is 28.3 Å². The molecule has 0 aromatic carbocycles. The lowest BCUT2D eigenvalue weighted by Crippen LogP contribution is -2.43. The number of carbonyl (C=O) groups is 1. The number of aliphatic carboxylic acids is 1. The highest BCUT2D eigenvalue weighted by atomic mass is 32.2. The largest absolute Gasteiger partial charge is 0.480 e. The Labute approximate surface area is 131 Å². The topological polar surface area (TPSA) is 92.5 Å². The summed E-state index contributed by atoms with van der Waals surface area (Å²) in [5, 5.41) is 15.3. The molecule has 0 radical (unpaired) electrons. The average Bonchev–Trinajstić information content (AvgIpc) is 3.14. The summed E-state index contributed by atoms with van der Waals surface area (Å²) in [4.78, 5) is 12.3. The van der Waals surface area contributed by atoms with Crippen LogP contribution in [0.5, 0.6) is 0 Å². The van der Waals surface area contributed by atoms with Crippen LogP contribution in [0.25, 0.3) is 0 Å². The van der Waals surface area contributed by atoms with Gasteiger partial charge in [-0.25, -0.2) is 8.42 Å². The molecule has 3 rings (SSSR count). The molecule has 1 aliphatic rings. The highest BCUT2D eigenvalue weighted by Gasteiger charge is 2.42. The molecule has 7 nitrogen and oxygen atoms in total. The Hall–Kier alpha value is -1.71. The second kappa shape index (κ2) is 5.49. The van der Waals surface area contributed by atoms with E-state index in [2.05, 4.69) is 5.10 Å². The molecule has 3 heterocycles. The van der Waals surface area contributed by atoms with Gasteiger partial charge in [0.05, 0.1) is 6.20 Å². The predicted octanol–water partition coefficient (Wildman–Crippen LogP) is 1.34. The lowest BCUT2D eigenvalue weighted by molar-refractivity contribution is -0.141. The van der Waals surface area contributed by atoms with Crippen LogP contribution in [0, 0.1) is 0 Å². The molecule has 2 aromatic rings. The lowest BCUT2D eigenvalue weighted by Gasteiger charge is -2.31. The summed E-state index contributed by atoms with van der Waals surface area (Å²) in [5.41, 5.74) is 0.910. The molecule has 0 fully saturated rings. The fourth-order valence-electron chi connectivity index (χ4n) is 2.68. The Morgan fingerprint density at radius 1 is 1.50 bits per heavy atom. The van der Waals surface area contributed by atoms with Crippen molar-refractivity contribution in [3.63, 3.8) is 0 Å². The quantitative estimate of drug-likeness (QED) is 0.906. The average molecular weight is 341 g/mol. The van der Waals surface area contributed by atoms with Gasteiger partial charge in [0.15, 0.2) is 11.1 Å². The maximum atomic E-state index is 12.9. The van der Waals surface area contributed by atoms with Crippen LogP contribution in [0.4, 0.5) is 0 Å². The van der Waals surface area contributed by atoms with Gasteiger partial charge in [-0.15, -0.1) is 11.3 Å². The SMILES string of the molecule is CCn1nccc1S(=O)(=O)N1CCc2ccsc2C1C(=O)O. The highest BCUT2D eigenvalue weighted by Crippen LogP contribution is 2.37. The number of hydrogen-bond acceptors (Lipinski definition) is 5. The third-order valence-corrected chi connectivity index (χ3v) is 6.60. The first-order valence-electron chi connectivity index (χ1n) is 6.79. The molecule has 0 bridgehead atoms. The lowest BCUT2D eigenvalue weighted by atomic mass is 10.0. The van der Waals surface area contributed by atoms with E-state index in [1.54, 1.807) is 12.3 Å². The van der Waals surface area contributed by atoms with Gasteiger partial charge in [0, 0.05) is 18.0 Å². The van der Waals surface area contributed by atoms with Crippen molar-refractivity contribution in [2.45, 2.75) is 31.0 Å². The Bertz CT molecular complexity index is 809. The van der Waals surface area contributed by atoms with E-state index in [9.17, 15) is 18.3 Å². The summed E-state index contributed by atoms with van der Waals surface area (Å²) in [6, 6.07) is 2.09. The fourth-order valence-corrected chi connectivity index (χ4v) is 5.52. The molecule has 1 N–H and O–H groups in total. The van der Waals surface area contributed by atoms with E-state index in [4.69, 9.17) is 0 Å². The molecule has 1 atom stereocenters. The molecule has 0 aliphatic carbocycles. The number of hydrogen-bond donors (Lipinski definition) is 1. The number of thiophene rings is 1. The molecule has 2 aromatic heterocycles. The molecule has 0 amide bonds. The molecule has 1 aliphatic heterocycles. The number of rotatable bonds is 4. The zero-order valence-electron chi connectivity index (χ0n) is 11.8. The second-order valence-electron chi connectivity index (χ2n) is 4.90. The maximum Gasteiger partial charge on any atom is 0.327 e. The van der Waals surface area contributed by atoms with Crippen LogP contribution in [-0.2, 0) is 27.8 Å². The number of aromatic nitrogens is 2. The van der Waals surface area contributed by atoms with Gasteiger partial charge in [-0.2, -0.15) is 9.40 Å². The second-order valence-corrected chi connectivity index (χ2v) is 7.69. The summed E-state index contributed by atoms with van der Waals surface area (Å²) in [6.07, 6.45) is 1.93. The van der Waals surface area contributed by atoms with Crippen LogP contribution in [0.2, 0.25) is 0 Å². The molecule has 118 valence electrons. The Balaban J connectivity index is 2.09. The van der Waals surface area contributed by atoms with Crippen molar-refractivity contribution in [1.29, 1.82) is 0 Å². The van der Waals surface area contributed by atoms with Crippen molar-refractivity contribution >= 4 is 27.3 Å². The predicted molar refractivity (Wildman–Crippen MR) is 80.2 cm³/mol. The molecule has 1 unspecified atom stereocenters. The first-order chi connectivity index (χ1) is 10.5. The minimum atomic E-state index is -3.92. The van der Waals surface area contributed by atoms with Crippen LogP contribution < -0.4 is 0 Å². The van der Waals surface area contributed by atoms with E-state index >= 15 is 0 Å². The third-order valence-electron chi connectivity index (χ3n) is 3.70. The van der Waals surface area contributed by atoms with Crippen LogP contribution in [-0.4, -0.2) is 40.1 Å². The minimum Gasteiger partial charge on any atom is -0.480 e. The van der Waals surface area contributed by atoms with E-state index in [0.717, 1.165) is 9.87 Å². The van der Waals surface area contributed by atoms with Crippen LogP contribution >= 0.6 is 11.3 Å². The number of fused-ring (bicyclic) bond motifs is 1. The number of sulfonamides is 1. The van der Waals surface area contributed by atoms with Crippen LogP contribution in [0.15, 0.2) is 28.7 Å². The van der Waals surface area contributed by atoms with Gasteiger partial charge in [-0.3, -0.25) is 9.48 Å². The first kappa shape index (κ1) is 15.2. The standard InChI is InChI=1S/C13H15N3O4S2/c1-2-15-10(3-6-14-15)22(19,20)16-7-4-9-5-8-21-12(9)11(16)13(17)18/h3,5-6,8,11H,2,4,7H2,1H3,(H,17,18). The normalized spacial score (nSPS) is 19.0. The van der Waals surface area contributed by atoms with E-state index in [1.807, 2.05) is 6.07 Å². The van der Waals surface area contributed by atoms with Gasteiger partial charge in [0.2, 0.25) is 0 Å². The molecular weight excluding hydrogens is 326 g/mol.